The van der Waals surface area contributed by atoms with Gasteiger partial charge in [-0.05, 0) is 59.1 Å². The lowest BCUT2D eigenvalue weighted by Crippen LogP contribution is -2.35. The van der Waals surface area contributed by atoms with Gasteiger partial charge in [0.1, 0.15) is 6.10 Å². The van der Waals surface area contributed by atoms with Crippen molar-refractivity contribution in [3.05, 3.63) is 109 Å². The first kappa shape index (κ1) is 22.0. The average Bonchev–Trinajstić information content (AvgIpc) is 3.00. The molecule has 0 bridgehead atoms. The van der Waals surface area contributed by atoms with Crippen LogP contribution in [0.5, 0.6) is 0 Å². The van der Waals surface area contributed by atoms with E-state index < -0.39 is 17.2 Å². The summed E-state index contributed by atoms with van der Waals surface area (Å²) in [6.07, 6.45) is 9.11. The van der Waals surface area contributed by atoms with Crippen molar-refractivity contribution in [2.75, 3.05) is 0 Å². The van der Waals surface area contributed by atoms with E-state index in [1.807, 2.05) is 48.6 Å². The summed E-state index contributed by atoms with van der Waals surface area (Å²) in [5.74, 6) is 0. The first-order valence-corrected chi connectivity index (χ1v) is 10.3. The van der Waals surface area contributed by atoms with Gasteiger partial charge in [-0.1, -0.05) is 60.7 Å². The van der Waals surface area contributed by atoms with Gasteiger partial charge in [0.25, 0.3) is 0 Å². The molecule has 0 saturated heterocycles. The molecule has 0 spiro atoms. The van der Waals surface area contributed by atoms with Crippen LogP contribution in [0.3, 0.4) is 0 Å². The Balaban J connectivity index is 2.06. The maximum atomic E-state index is 11.2. The Kier molecular flexibility index (Phi) is 6.27. The molecule has 0 saturated carbocycles. The summed E-state index contributed by atoms with van der Waals surface area (Å²) in [6, 6.07) is 12.2. The maximum Gasteiger partial charge on any atom is 0.105 e. The summed E-state index contributed by atoms with van der Waals surface area (Å²) < 4.78 is 0. The largest absolute Gasteiger partial charge is 0.384 e. The minimum absolute atomic E-state index is 0.585. The van der Waals surface area contributed by atoms with Crippen molar-refractivity contribution < 1.29 is 5.11 Å². The van der Waals surface area contributed by atoms with Gasteiger partial charge in [0.2, 0.25) is 0 Å². The lowest BCUT2D eigenvalue weighted by Gasteiger charge is -2.28. The summed E-state index contributed by atoms with van der Waals surface area (Å²) in [5.41, 5.74) is 17.9. The smallest absolute Gasteiger partial charge is 0.105 e. The lowest BCUT2D eigenvalue weighted by atomic mass is 9.83. The maximum absolute atomic E-state index is 11.2. The van der Waals surface area contributed by atoms with Gasteiger partial charge >= 0.3 is 0 Å². The van der Waals surface area contributed by atoms with E-state index in [1.54, 1.807) is 0 Å². The third-order valence-corrected chi connectivity index (χ3v) is 6.17. The van der Waals surface area contributed by atoms with Gasteiger partial charge < -0.3 is 16.6 Å². The highest BCUT2D eigenvalue weighted by atomic mass is 16.3. The summed E-state index contributed by atoms with van der Waals surface area (Å²) in [4.78, 5) is 0. The number of nitrogens with two attached hydrogens (primary N) is 2. The second kappa shape index (κ2) is 8.57. The molecule has 156 valence electrons. The summed E-state index contributed by atoms with van der Waals surface area (Å²) >= 11 is 0. The van der Waals surface area contributed by atoms with E-state index >= 15 is 0 Å². The van der Waals surface area contributed by atoms with Crippen molar-refractivity contribution >= 4 is 0 Å². The first-order valence-electron chi connectivity index (χ1n) is 10.3. The van der Waals surface area contributed by atoms with E-state index in [-0.39, 0.29) is 0 Å². The third-order valence-electron chi connectivity index (χ3n) is 6.17. The number of hydrogen-bond acceptors (Lipinski definition) is 3. The van der Waals surface area contributed by atoms with Crippen LogP contribution in [0.25, 0.3) is 11.1 Å². The van der Waals surface area contributed by atoms with E-state index in [9.17, 15) is 5.11 Å². The zero-order chi connectivity index (χ0) is 21.9. The quantitative estimate of drug-likeness (QED) is 0.470. The van der Waals surface area contributed by atoms with Crippen molar-refractivity contribution in [2.24, 2.45) is 11.5 Å². The van der Waals surface area contributed by atoms with Crippen molar-refractivity contribution in [1.29, 1.82) is 0 Å². The van der Waals surface area contributed by atoms with Crippen LogP contribution in [-0.2, 0) is 11.1 Å². The second-order valence-corrected chi connectivity index (χ2v) is 8.29. The van der Waals surface area contributed by atoms with Crippen LogP contribution < -0.4 is 11.5 Å². The molecule has 0 aromatic heterocycles. The molecule has 0 atom stereocenters. The van der Waals surface area contributed by atoms with Crippen LogP contribution in [0.2, 0.25) is 0 Å². The van der Waals surface area contributed by atoms with E-state index in [1.165, 1.54) is 0 Å². The topological polar surface area (TPSA) is 72.3 Å². The van der Waals surface area contributed by atoms with Crippen LogP contribution >= 0.6 is 0 Å². The molecule has 0 heterocycles. The molecule has 0 amide bonds. The van der Waals surface area contributed by atoms with Gasteiger partial charge in [0.05, 0.1) is 0 Å². The van der Waals surface area contributed by atoms with E-state index in [0.29, 0.717) is 25.7 Å². The van der Waals surface area contributed by atoms with Crippen LogP contribution in [0.1, 0.15) is 54.0 Å². The highest BCUT2D eigenvalue weighted by Crippen LogP contribution is 2.46. The summed E-state index contributed by atoms with van der Waals surface area (Å²) in [5, 5.41) is 11.2. The molecule has 0 fully saturated rings. The fraction of sp³-hybridized carbons (Fsp3) is 0.259. The fourth-order valence-corrected chi connectivity index (χ4v) is 4.52. The molecule has 0 aliphatic heterocycles. The molecule has 5 N–H and O–H groups in total. The van der Waals surface area contributed by atoms with Gasteiger partial charge in [-0.3, -0.25) is 0 Å². The minimum Gasteiger partial charge on any atom is -0.384 e. The van der Waals surface area contributed by atoms with Crippen molar-refractivity contribution in [2.45, 2.75) is 42.9 Å². The summed E-state index contributed by atoms with van der Waals surface area (Å²) in [7, 11) is 0. The normalized spacial score (nSPS) is 13.4. The molecule has 0 unspecified atom stereocenters. The fourth-order valence-electron chi connectivity index (χ4n) is 4.52. The SMILES string of the molecule is C=CCC(N)(CC=C)c1ccc2c(c1)C(O)c1cc(C(N)(CC=C)CC=C)ccc1-2. The number of hydrogen-bond donors (Lipinski definition) is 3. The molecule has 3 rings (SSSR count). The zero-order valence-corrected chi connectivity index (χ0v) is 17.6. The van der Waals surface area contributed by atoms with E-state index in [2.05, 4.69) is 38.4 Å². The second-order valence-electron chi connectivity index (χ2n) is 8.29. The number of fused-ring (bicyclic) bond motifs is 3. The standard InChI is InChI=1S/C27H32N2O/c1-5-13-26(28,14-6-2)19-9-11-21-22-12-10-20(27(29,15-7-3)16-8-4)18-24(22)25(30)23(21)17-19/h5-12,17-18,25,30H,1-4,13-16,28-29H2. The van der Waals surface area contributed by atoms with Crippen LogP contribution in [0.4, 0.5) is 0 Å². The van der Waals surface area contributed by atoms with Gasteiger partial charge in [0.15, 0.2) is 0 Å². The van der Waals surface area contributed by atoms with Crippen LogP contribution in [-0.4, -0.2) is 5.11 Å². The predicted molar refractivity (Wildman–Crippen MR) is 127 cm³/mol. The van der Waals surface area contributed by atoms with Gasteiger partial charge in [0, 0.05) is 11.1 Å². The van der Waals surface area contributed by atoms with Gasteiger partial charge in [-0.2, -0.15) is 0 Å². The predicted octanol–water partition coefficient (Wildman–Crippen LogP) is 5.36. The molecule has 0 radical (unpaired) electrons. The lowest BCUT2D eigenvalue weighted by molar-refractivity contribution is 0.224. The third kappa shape index (κ3) is 3.72. The Morgan fingerprint density at radius 3 is 1.33 bits per heavy atom. The van der Waals surface area contributed by atoms with E-state index in [4.69, 9.17) is 11.5 Å². The van der Waals surface area contributed by atoms with Crippen molar-refractivity contribution in [1.82, 2.24) is 0 Å². The van der Waals surface area contributed by atoms with Crippen LogP contribution in [0.15, 0.2) is 87.0 Å². The molecular formula is C27H32N2O. The Morgan fingerprint density at radius 1 is 0.700 bits per heavy atom. The Morgan fingerprint density at radius 2 is 1.03 bits per heavy atom. The molecular weight excluding hydrogens is 368 g/mol. The zero-order valence-electron chi connectivity index (χ0n) is 17.6. The minimum atomic E-state index is -0.719. The Hall–Kier alpha value is -2.72. The average molecular weight is 401 g/mol. The summed E-state index contributed by atoms with van der Waals surface area (Å²) in [6.45, 7) is 15.4. The Bertz CT molecular complexity index is 889. The number of aliphatic hydroxyl groups is 1. The molecule has 1 aliphatic carbocycles. The number of rotatable bonds is 10. The molecule has 2 aromatic rings. The molecule has 3 heteroatoms. The van der Waals surface area contributed by atoms with Crippen molar-refractivity contribution in [3.8, 4) is 11.1 Å². The van der Waals surface area contributed by atoms with Gasteiger partial charge in [-0.25, -0.2) is 0 Å². The molecule has 3 nitrogen and oxygen atoms in total. The van der Waals surface area contributed by atoms with E-state index in [0.717, 1.165) is 33.4 Å². The van der Waals surface area contributed by atoms with Crippen LogP contribution in [0, 0.1) is 0 Å². The highest BCUT2D eigenvalue weighted by Gasteiger charge is 2.33. The number of aliphatic hydroxyl groups excluding tert-OH is 1. The highest BCUT2D eigenvalue weighted by molar-refractivity contribution is 5.79. The first-order chi connectivity index (χ1) is 14.3. The molecule has 2 aromatic carbocycles. The van der Waals surface area contributed by atoms with Crippen molar-refractivity contribution in [3.63, 3.8) is 0 Å². The Labute approximate surface area is 180 Å². The molecule has 30 heavy (non-hydrogen) atoms. The van der Waals surface area contributed by atoms with Gasteiger partial charge in [-0.15, -0.1) is 26.3 Å². The number of benzene rings is 2. The monoisotopic (exact) mass is 400 g/mol. The molecule has 1 aliphatic rings.